The molecule has 0 unspecified atom stereocenters. The van der Waals surface area contributed by atoms with Crippen molar-refractivity contribution in [2.45, 2.75) is 0 Å². The van der Waals surface area contributed by atoms with E-state index < -0.39 is 6.09 Å². The van der Waals surface area contributed by atoms with Gasteiger partial charge in [-0.25, -0.2) is 4.79 Å². The summed E-state index contributed by atoms with van der Waals surface area (Å²) in [6, 6.07) is 9.18. The van der Waals surface area contributed by atoms with Gasteiger partial charge in [0.1, 0.15) is 0 Å². The average molecular weight is 234 g/mol. The first kappa shape index (κ1) is 10.5. The first-order valence-electron chi connectivity index (χ1n) is 4.57. The van der Waals surface area contributed by atoms with E-state index in [9.17, 15) is 4.79 Å². The lowest BCUT2D eigenvalue weighted by atomic mass is 10.1. The van der Waals surface area contributed by atoms with Gasteiger partial charge in [0, 0.05) is 4.88 Å². The Morgan fingerprint density at radius 3 is 2.75 bits per heavy atom. The fraction of sp³-hybridized carbons (Fsp3) is 0. The molecule has 0 aliphatic heterocycles. The topological polar surface area (TPSA) is 78.3 Å². The minimum Gasteiger partial charge on any atom is -0.408 e. The van der Waals surface area contributed by atoms with E-state index in [0.717, 1.165) is 10.4 Å². The number of amides is 1. The van der Waals surface area contributed by atoms with E-state index in [1.807, 2.05) is 23.6 Å². The SMILES string of the molecule is NC(=O)Oc1cc(-c2cccs2)ccc1N. The first-order valence-corrected chi connectivity index (χ1v) is 5.45. The fourth-order valence-corrected chi connectivity index (χ4v) is 2.05. The summed E-state index contributed by atoms with van der Waals surface area (Å²) in [7, 11) is 0. The van der Waals surface area contributed by atoms with Crippen LogP contribution >= 0.6 is 11.3 Å². The summed E-state index contributed by atoms with van der Waals surface area (Å²) in [4.78, 5) is 11.7. The molecule has 0 radical (unpaired) electrons. The van der Waals surface area contributed by atoms with Crippen molar-refractivity contribution in [3.63, 3.8) is 0 Å². The van der Waals surface area contributed by atoms with Crippen molar-refractivity contribution in [3.8, 4) is 16.2 Å². The van der Waals surface area contributed by atoms with E-state index in [4.69, 9.17) is 16.2 Å². The molecule has 0 aliphatic carbocycles. The van der Waals surface area contributed by atoms with Crippen LogP contribution in [0.5, 0.6) is 5.75 Å². The number of primary amides is 1. The van der Waals surface area contributed by atoms with Crippen LogP contribution in [0.2, 0.25) is 0 Å². The molecule has 0 atom stereocenters. The van der Waals surface area contributed by atoms with Crippen LogP contribution in [0.4, 0.5) is 10.5 Å². The van der Waals surface area contributed by atoms with E-state index >= 15 is 0 Å². The smallest absolute Gasteiger partial charge is 0.408 e. The molecule has 1 amide bonds. The summed E-state index contributed by atoms with van der Waals surface area (Å²) in [6.45, 7) is 0. The maximum atomic E-state index is 10.7. The van der Waals surface area contributed by atoms with Crippen LogP contribution in [0.3, 0.4) is 0 Å². The highest BCUT2D eigenvalue weighted by molar-refractivity contribution is 7.13. The summed E-state index contributed by atoms with van der Waals surface area (Å²) in [5.74, 6) is 0.290. The van der Waals surface area contributed by atoms with Crippen LogP contribution in [0.1, 0.15) is 0 Å². The standard InChI is InChI=1S/C11H10N2O2S/c12-8-4-3-7(10-2-1-5-16-10)6-9(8)15-11(13)14/h1-6H,12H2,(H2,13,14). The van der Waals surface area contributed by atoms with E-state index in [0.29, 0.717) is 11.4 Å². The van der Waals surface area contributed by atoms with Gasteiger partial charge >= 0.3 is 6.09 Å². The number of ether oxygens (including phenoxy) is 1. The van der Waals surface area contributed by atoms with Gasteiger partial charge in [0.2, 0.25) is 0 Å². The third-order valence-electron chi connectivity index (χ3n) is 2.03. The van der Waals surface area contributed by atoms with Crippen LogP contribution in [0.25, 0.3) is 10.4 Å². The Kier molecular flexibility index (Phi) is 2.78. The Morgan fingerprint density at radius 1 is 1.31 bits per heavy atom. The number of carbonyl (C=O) groups excluding carboxylic acids is 1. The maximum absolute atomic E-state index is 10.7. The van der Waals surface area contributed by atoms with E-state index in [1.165, 1.54) is 0 Å². The monoisotopic (exact) mass is 234 g/mol. The highest BCUT2D eigenvalue weighted by atomic mass is 32.1. The van der Waals surface area contributed by atoms with Gasteiger partial charge in [-0.1, -0.05) is 12.1 Å². The molecule has 0 saturated carbocycles. The third kappa shape index (κ3) is 2.14. The Hall–Kier alpha value is -2.01. The van der Waals surface area contributed by atoms with Crippen molar-refractivity contribution in [1.29, 1.82) is 0 Å². The number of nitrogen functional groups attached to an aromatic ring is 1. The Balaban J connectivity index is 2.39. The molecular formula is C11H10N2O2S. The molecule has 0 fully saturated rings. The minimum absolute atomic E-state index is 0.290. The number of carbonyl (C=O) groups is 1. The number of hydrogen-bond donors (Lipinski definition) is 2. The van der Waals surface area contributed by atoms with E-state index in [-0.39, 0.29) is 0 Å². The zero-order valence-electron chi connectivity index (χ0n) is 8.34. The number of benzene rings is 1. The fourth-order valence-electron chi connectivity index (χ4n) is 1.33. The second-order valence-electron chi connectivity index (χ2n) is 3.15. The molecular weight excluding hydrogens is 224 g/mol. The molecule has 4 N–H and O–H groups in total. The van der Waals surface area contributed by atoms with Crippen molar-refractivity contribution >= 4 is 23.1 Å². The lowest BCUT2D eigenvalue weighted by Gasteiger charge is -2.06. The molecule has 0 aliphatic rings. The molecule has 2 rings (SSSR count). The van der Waals surface area contributed by atoms with Crippen LogP contribution in [-0.2, 0) is 0 Å². The zero-order valence-corrected chi connectivity index (χ0v) is 9.16. The molecule has 82 valence electrons. The zero-order chi connectivity index (χ0) is 11.5. The molecule has 1 heterocycles. The molecule has 1 aromatic carbocycles. The van der Waals surface area contributed by atoms with E-state index in [2.05, 4.69) is 0 Å². The number of nitrogens with two attached hydrogens (primary N) is 2. The number of anilines is 1. The second-order valence-corrected chi connectivity index (χ2v) is 4.10. The lowest BCUT2D eigenvalue weighted by Crippen LogP contribution is -2.17. The van der Waals surface area contributed by atoms with Crippen molar-refractivity contribution < 1.29 is 9.53 Å². The summed E-state index contributed by atoms with van der Waals surface area (Å²) in [5, 5.41) is 1.97. The summed E-state index contributed by atoms with van der Waals surface area (Å²) < 4.78 is 4.80. The highest BCUT2D eigenvalue weighted by Crippen LogP contribution is 2.31. The van der Waals surface area contributed by atoms with Crippen LogP contribution in [0.15, 0.2) is 35.7 Å². The summed E-state index contributed by atoms with van der Waals surface area (Å²) >= 11 is 1.60. The highest BCUT2D eigenvalue weighted by Gasteiger charge is 2.07. The van der Waals surface area contributed by atoms with Gasteiger partial charge in [0.15, 0.2) is 5.75 Å². The number of hydrogen-bond acceptors (Lipinski definition) is 4. The predicted molar refractivity (Wildman–Crippen MR) is 64.4 cm³/mol. The van der Waals surface area contributed by atoms with Gasteiger partial charge in [0.05, 0.1) is 5.69 Å². The van der Waals surface area contributed by atoms with Gasteiger partial charge in [-0.3, -0.25) is 0 Å². The van der Waals surface area contributed by atoms with Gasteiger partial charge in [-0.05, 0) is 29.1 Å². The Morgan fingerprint density at radius 2 is 2.12 bits per heavy atom. The summed E-state index contributed by atoms with van der Waals surface area (Å²) in [6.07, 6.45) is -0.866. The van der Waals surface area contributed by atoms with Gasteiger partial charge < -0.3 is 16.2 Å². The molecule has 1 aromatic heterocycles. The third-order valence-corrected chi connectivity index (χ3v) is 2.95. The Labute approximate surface area is 96.4 Å². The molecule has 16 heavy (non-hydrogen) atoms. The van der Waals surface area contributed by atoms with Crippen molar-refractivity contribution in [2.24, 2.45) is 5.73 Å². The first-order chi connectivity index (χ1) is 7.66. The number of thiophene rings is 1. The maximum Gasteiger partial charge on any atom is 0.410 e. The van der Waals surface area contributed by atoms with Crippen LogP contribution in [-0.4, -0.2) is 6.09 Å². The molecule has 0 bridgehead atoms. The van der Waals surface area contributed by atoms with Crippen molar-refractivity contribution in [2.75, 3.05) is 5.73 Å². The minimum atomic E-state index is -0.866. The van der Waals surface area contributed by atoms with Gasteiger partial charge in [0.25, 0.3) is 0 Å². The van der Waals surface area contributed by atoms with Crippen LogP contribution < -0.4 is 16.2 Å². The quantitative estimate of drug-likeness (QED) is 0.783. The largest absolute Gasteiger partial charge is 0.410 e. The lowest BCUT2D eigenvalue weighted by molar-refractivity contribution is 0.211. The van der Waals surface area contributed by atoms with E-state index in [1.54, 1.807) is 23.5 Å². The van der Waals surface area contributed by atoms with Gasteiger partial charge in [-0.2, -0.15) is 0 Å². The molecule has 5 heteroatoms. The summed E-state index contributed by atoms with van der Waals surface area (Å²) in [5.41, 5.74) is 11.9. The molecule has 2 aromatic rings. The van der Waals surface area contributed by atoms with Gasteiger partial charge in [-0.15, -0.1) is 11.3 Å². The van der Waals surface area contributed by atoms with Crippen molar-refractivity contribution in [1.82, 2.24) is 0 Å². The van der Waals surface area contributed by atoms with Crippen LogP contribution in [0, 0.1) is 0 Å². The number of rotatable bonds is 2. The second kappa shape index (κ2) is 4.24. The molecule has 4 nitrogen and oxygen atoms in total. The predicted octanol–water partition coefficient (Wildman–Crippen LogP) is 2.45. The normalized spacial score (nSPS) is 10.0. The average Bonchev–Trinajstić information content (AvgIpc) is 2.73. The molecule has 0 spiro atoms. The molecule has 0 saturated heterocycles. The Bertz CT molecular complexity index is 509. The van der Waals surface area contributed by atoms with Crippen molar-refractivity contribution in [3.05, 3.63) is 35.7 Å².